The van der Waals surface area contributed by atoms with Gasteiger partial charge in [0.25, 0.3) is 0 Å². The van der Waals surface area contributed by atoms with Crippen molar-refractivity contribution in [1.82, 2.24) is 0 Å². The molecular weight excluding hydrogens is 188 g/mol. The van der Waals surface area contributed by atoms with E-state index in [1.807, 2.05) is 26.0 Å². The maximum Gasteiger partial charge on any atom is 0.330 e. The number of benzene rings is 1. The smallest absolute Gasteiger partial charge is 0.330 e. The van der Waals surface area contributed by atoms with Crippen LogP contribution in [0.1, 0.15) is 23.6 Å². The predicted octanol–water partition coefficient (Wildman–Crippen LogP) is 2.88. The summed E-state index contributed by atoms with van der Waals surface area (Å²) in [6.07, 6.45) is 3.23. The maximum atomic E-state index is 11.1. The molecule has 80 valence electrons. The average Bonchev–Trinajstić information content (AvgIpc) is 2.14. The molecule has 0 aliphatic rings. The third-order valence-electron chi connectivity index (χ3n) is 1.94. The molecule has 0 N–H and O–H groups in total. The molecule has 0 radical (unpaired) electrons. The summed E-state index contributed by atoms with van der Waals surface area (Å²) < 4.78 is 4.80. The standard InChI is InChI=1S/C13H16O2/c1-4-15-13(14)6-5-12-8-10(2)7-11(3)9-12/h5-9H,4H2,1-3H3/b6-5+. The average molecular weight is 204 g/mol. The summed E-state index contributed by atoms with van der Waals surface area (Å²) in [5.74, 6) is -0.295. The molecule has 0 unspecified atom stereocenters. The van der Waals surface area contributed by atoms with Gasteiger partial charge in [-0.2, -0.15) is 0 Å². The highest BCUT2D eigenvalue weighted by atomic mass is 16.5. The zero-order valence-corrected chi connectivity index (χ0v) is 9.41. The highest BCUT2D eigenvalue weighted by Crippen LogP contribution is 2.10. The highest BCUT2D eigenvalue weighted by molar-refractivity contribution is 5.87. The quantitative estimate of drug-likeness (QED) is 0.559. The van der Waals surface area contributed by atoms with Crippen molar-refractivity contribution in [3.63, 3.8) is 0 Å². The van der Waals surface area contributed by atoms with E-state index >= 15 is 0 Å². The first-order valence-corrected chi connectivity index (χ1v) is 5.05. The Morgan fingerprint density at radius 3 is 2.40 bits per heavy atom. The lowest BCUT2D eigenvalue weighted by atomic mass is 10.1. The van der Waals surface area contributed by atoms with Crippen LogP contribution in [0.5, 0.6) is 0 Å². The molecule has 0 aliphatic carbocycles. The Labute approximate surface area is 90.6 Å². The second kappa shape index (κ2) is 5.35. The number of aryl methyl sites for hydroxylation is 2. The van der Waals surface area contributed by atoms with Gasteiger partial charge in [-0.25, -0.2) is 4.79 Å². The van der Waals surface area contributed by atoms with E-state index in [9.17, 15) is 4.79 Å². The maximum absolute atomic E-state index is 11.1. The summed E-state index contributed by atoms with van der Waals surface area (Å²) in [7, 11) is 0. The van der Waals surface area contributed by atoms with Gasteiger partial charge in [0.05, 0.1) is 6.61 Å². The monoisotopic (exact) mass is 204 g/mol. The third-order valence-corrected chi connectivity index (χ3v) is 1.94. The van der Waals surface area contributed by atoms with E-state index in [0.29, 0.717) is 6.61 Å². The zero-order chi connectivity index (χ0) is 11.3. The highest BCUT2D eigenvalue weighted by Gasteiger charge is 1.95. The molecule has 0 saturated heterocycles. The predicted molar refractivity (Wildman–Crippen MR) is 61.6 cm³/mol. The molecule has 0 aromatic heterocycles. The molecule has 0 saturated carbocycles. The van der Waals surface area contributed by atoms with E-state index in [0.717, 1.165) is 5.56 Å². The van der Waals surface area contributed by atoms with Gasteiger partial charge in [0.15, 0.2) is 0 Å². The van der Waals surface area contributed by atoms with Crippen LogP contribution in [-0.2, 0) is 9.53 Å². The van der Waals surface area contributed by atoms with Gasteiger partial charge in [0, 0.05) is 6.08 Å². The minimum absolute atomic E-state index is 0.295. The van der Waals surface area contributed by atoms with Crippen molar-refractivity contribution in [2.24, 2.45) is 0 Å². The number of carbonyl (C=O) groups excluding carboxylic acids is 1. The Morgan fingerprint density at radius 2 is 1.87 bits per heavy atom. The number of esters is 1. The number of carbonyl (C=O) groups is 1. The molecule has 1 rings (SSSR count). The SMILES string of the molecule is CCOC(=O)/C=C/c1cc(C)cc(C)c1. The van der Waals surface area contributed by atoms with Gasteiger partial charge in [0.2, 0.25) is 0 Å². The summed E-state index contributed by atoms with van der Waals surface area (Å²) in [4.78, 5) is 11.1. The van der Waals surface area contributed by atoms with Crippen LogP contribution >= 0.6 is 0 Å². The molecule has 0 spiro atoms. The molecule has 0 heterocycles. The molecule has 1 aromatic rings. The molecule has 15 heavy (non-hydrogen) atoms. The lowest BCUT2D eigenvalue weighted by Crippen LogP contribution is -1.98. The van der Waals surface area contributed by atoms with Gasteiger partial charge in [-0.1, -0.05) is 29.3 Å². The first kappa shape index (κ1) is 11.5. The van der Waals surface area contributed by atoms with Crippen LogP contribution in [0, 0.1) is 13.8 Å². The van der Waals surface area contributed by atoms with Crippen molar-refractivity contribution in [3.8, 4) is 0 Å². The van der Waals surface area contributed by atoms with E-state index in [1.54, 1.807) is 13.0 Å². The van der Waals surface area contributed by atoms with Gasteiger partial charge in [-0.3, -0.25) is 0 Å². The lowest BCUT2D eigenvalue weighted by Gasteiger charge is -2.00. The largest absolute Gasteiger partial charge is 0.463 e. The number of hydrogen-bond donors (Lipinski definition) is 0. The number of rotatable bonds is 3. The topological polar surface area (TPSA) is 26.3 Å². The molecule has 1 aromatic carbocycles. The van der Waals surface area contributed by atoms with Crippen molar-refractivity contribution in [3.05, 3.63) is 41.0 Å². The normalized spacial score (nSPS) is 10.6. The van der Waals surface area contributed by atoms with E-state index in [4.69, 9.17) is 4.74 Å². The van der Waals surface area contributed by atoms with Crippen molar-refractivity contribution in [2.45, 2.75) is 20.8 Å². The van der Waals surface area contributed by atoms with Gasteiger partial charge < -0.3 is 4.74 Å². The van der Waals surface area contributed by atoms with Crippen LogP contribution in [-0.4, -0.2) is 12.6 Å². The zero-order valence-electron chi connectivity index (χ0n) is 9.41. The first-order valence-electron chi connectivity index (χ1n) is 5.05. The summed E-state index contributed by atoms with van der Waals surface area (Å²) in [5, 5.41) is 0. The molecule has 0 fully saturated rings. The van der Waals surface area contributed by atoms with Gasteiger partial charge >= 0.3 is 5.97 Å². The molecule has 0 amide bonds. The van der Waals surface area contributed by atoms with E-state index in [1.165, 1.54) is 17.2 Å². The van der Waals surface area contributed by atoms with E-state index in [-0.39, 0.29) is 5.97 Å². The molecule has 0 atom stereocenters. The van der Waals surface area contributed by atoms with E-state index < -0.39 is 0 Å². The minimum atomic E-state index is -0.295. The third kappa shape index (κ3) is 3.98. The number of hydrogen-bond acceptors (Lipinski definition) is 2. The van der Waals surface area contributed by atoms with Crippen molar-refractivity contribution in [2.75, 3.05) is 6.61 Å². The van der Waals surface area contributed by atoms with E-state index in [2.05, 4.69) is 6.07 Å². The van der Waals surface area contributed by atoms with Crippen LogP contribution in [0.3, 0.4) is 0 Å². The Morgan fingerprint density at radius 1 is 1.27 bits per heavy atom. The summed E-state index contributed by atoms with van der Waals surface area (Å²) in [6, 6.07) is 6.16. The minimum Gasteiger partial charge on any atom is -0.463 e. The Bertz CT molecular complexity index is 358. The Balaban J connectivity index is 2.76. The summed E-state index contributed by atoms with van der Waals surface area (Å²) in [5.41, 5.74) is 3.41. The molecule has 0 bridgehead atoms. The summed E-state index contributed by atoms with van der Waals surface area (Å²) in [6.45, 7) is 6.28. The fourth-order valence-corrected chi connectivity index (χ4v) is 1.46. The van der Waals surface area contributed by atoms with Crippen molar-refractivity contribution >= 4 is 12.0 Å². The fourth-order valence-electron chi connectivity index (χ4n) is 1.46. The number of ether oxygens (including phenoxy) is 1. The van der Waals surface area contributed by atoms with Crippen LogP contribution in [0.2, 0.25) is 0 Å². The Kier molecular flexibility index (Phi) is 4.10. The van der Waals surface area contributed by atoms with Crippen LogP contribution < -0.4 is 0 Å². The first-order chi connectivity index (χ1) is 7.11. The van der Waals surface area contributed by atoms with Crippen molar-refractivity contribution in [1.29, 1.82) is 0 Å². The van der Waals surface area contributed by atoms with Crippen molar-refractivity contribution < 1.29 is 9.53 Å². The van der Waals surface area contributed by atoms with Gasteiger partial charge in [0.1, 0.15) is 0 Å². The molecular formula is C13H16O2. The van der Waals surface area contributed by atoms with Crippen LogP contribution in [0.25, 0.3) is 6.08 Å². The van der Waals surface area contributed by atoms with Gasteiger partial charge in [-0.05, 0) is 32.4 Å². The lowest BCUT2D eigenvalue weighted by molar-refractivity contribution is -0.137. The summed E-state index contributed by atoms with van der Waals surface area (Å²) >= 11 is 0. The van der Waals surface area contributed by atoms with Gasteiger partial charge in [-0.15, -0.1) is 0 Å². The fraction of sp³-hybridized carbons (Fsp3) is 0.308. The van der Waals surface area contributed by atoms with Crippen LogP contribution in [0.4, 0.5) is 0 Å². The molecule has 2 nitrogen and oxygen atoms in total. The molecule has 2 heteroatoms. The van der Waals surface area contributed by atoms with Crippen LogP contribution in [0.15, 0.2) is 24.3 Å². The second-order valence-electron chi connectivity index (χ2n) is 3.51. The molecule has 0 aliphatic heterocycles. The Hall–Kier alpha value is -1.57. The second-order valence-corrected chi connectivity index (χ2v) is 3.51.